The van der Waals surface area contributed by atoms with Crippen LogP contribution in [0.3, 0.4) is 0 Å². The molecule has 2 amide bonds. The number of carbonyl (C=O) groups is 2. The zero-order valence-electron chi connectivity index (χ0n) is 16.8. The number of nitrogens with one attached hydrogen (secondary N) is 1. The zero-order valence-corrected chi connectivity index (χ0v) is 17.6. The van der Waals surface area contributed by atoms with E-state index in [1.54, 1.807) is 24.2 Å². The van der Waals surface area contributed by atoms with Gasteiger partial charge in [0.05, 0.1) is 5.92 Å². The Kier molecular flexibility index (Phi) is 8.15. The van der Waals surface area contributed by atoms with Crippen LogP contribution in [-0.2, 0) is 16.1 Å². The van der Waals surface area contributed by atoms with Crippen molar-refractivity contribution in [1.29, 1.82) is 0 Å². The summed E-state index contributed by atoms with van der Waals surface area (Å²) in [6.07, 6.45) is 10.3. The molecule has 7 heteroatoms. The van der Waals surface area contributed by atoms with Gasteiger partial charge in [0.25, 0.3) is 0 Å². The largest absolute Gasteiger partial charge is 0.352 e. The molecule has 1 atom stereocenters. The highest BCUT2D eigenvalue weighted by Crippen LogP contribution is 2.24. The first-order chi connectivity index (χ1) is 13.7. The van der Waals surface area contributed by atoms with Crippen molar-refractivity contribution < 1.29 is 9.59 Å². The molecular weight excluding hydrogens is 372 g/mol. The van der Waals surface area contributed by atoms with Crippen molar-refractivity contribution in [3.8, 4) is 0 Å². The Labute approximate surface area is 172 Å². The van der Waals surface area contributed by atoms with Crippen molar-refractivity contribution in [3.05, 3.63) is 30.1 Å². The normalized spacial score (nSPS) is 21.5. The van der Waals surface area contributed by atoms with Gasteiger partial charge in [-0.15, -0.1) is 0 Å². The molecule has 154 valence electrons. The van der Waals surface area contributed by atoms with Crippen molar-refractivity contribution in [2.24, 2.45) is 5.92 Å². The molecule has 1 aromatic heterocycles. The summed E-state index contributed by atoms with van der Waals surface area (Å²) in [6, 6.07) is 4.37. The quantitative estimate of drug-likeness (QED) is 0.754. The number of nitrogens with zero attached hydrogens (tertiary/aromatic N) is 3. The molecule has 0 aromatic carbocycles. The minimum absolute atomic E-state index is 0.0617. The Hall–Kier alpha value is -1.60. The minimum atomic E-state index is 0.0617. The molecule has 1 N–H and O–H groups in total. The summed E-state index contributed by atoms with van der Waals surface area (Å²) in [5.41, 5.74) is 1.03. The maximum Gasteiger partial charge on any atom is 0.224 e. The SMILES string of the molecule is CSCCC(=O)N1CCC(N2CCC[C@H](C(=O)NCc3cccnc3)C2)CC1. The van der Waals surface area contributed by atoms with Crippen LogP contribution in [0.5, 0.6) is 0 Å². The highest BCUT2D eigenvalue weighted by molar-refractivity contribution is 7.98. The third-order valence-electron chi connectivity index (χ3n) is 5.87. The van der Waals surface area contributed by atoms with Gasteiger partial charge in [-0.25, -0.2) is 0 Å². The molecule has 6 nitrogen and oxygen atoms in total. The molecule has 2 saturated heterocycles. The first-order valence-electron chi connectivity index (χ1n) is 10.3. The van der Waals surface area contributed by atoms with E-state index in [-0.39, 0.29) is 11.8 Å². The van der Waals surface area contributed by atoms with Gasteiger partial charge in [-0.2, -0.15) is 11.8 Å². The fourth-order valence-electron chi connectivity index (χ4n) is 4.22. The van der Waals surface area contributed by atoms with E-state index in [1.807, 2.05) is 23.3 Å². The number of hydrogen-bond donors (Lipinski definition) is 1. The van der Waals surface area contributed by atoms with Gasteiger partial charge in [0.1, 0.15) is 0 Å². The van der Waals surface area contributed by atoms with Crippen molar-refractivity contribution in [2.45, 2.75) is 44.7 Å². The van der Waals surface area contributed by atoms with Crippen LogP contribution in [0.15, 0.2) is 24.5 Å². The number of aromatic nitrogens is 1. The second kappa shape index (κ2) is 10.8. The third kappa shape index (κ3) is 5.95. The van der Waals surface area contributed by atoms with Gasteiger partial charge in [0.15, 0.2) is 0 Å². The molecule has 2 aliphatic heterocycles. The van der Waals surface area contributed by atoms with Crippen molar-refractivity contribution >= 4 is 23.6 Å². The number of pyridine rings is 1. The van der Waals surface area contributed by atoms with Gasteiger partial charge >= 0.3 is 0 Å². The van der Waals surface area contributed by atoms with E-state index in [0.29, 0.717) is 24.9 Å². The Morgan fingerprint density at radius 1 is 1.25 bits per heavy atom. The minimum Gasteiger partial charge on any atom is -0.352 e. The first-order valence-corrected chi connectivity index (χ1v) is 11.7. The molecule has 0 radical (unpaired) electrons. The molecule has 3 rings (SSSR count). The predicted octanol–water partition coefficient (Wildman–Crippen LogP) is 2.15. The van der Waals surface area contributed by atoms with Crippen LogP contribution in [0.4, 0.5) is 0 Å². The monoisotopic (exact) mass is 404 g/mol. The Morgan fingerprint density at radius 3 is 2.79 bits per heavy atom. The molecular formula is C21H32N4O2S. The lowest BCUT2D eigenvalue weighted by molar-refractivity contribution is -0.132. The molecule has 2 fully saturated rings. The van der Waals surface area contributed by atoms with E-state index >= 15 is 0 Å². The Bertz CT molecular complexity index is 635. The first kappa shape index (κ1) is 21.1. The second-order valence-corrected chi connectivity index (χ2v) is 8.75. The topological polar surface area (TPSA) is 65.5 Å². The van der Waals surface area contributed by atoms with Gasteiger partial charge < -0.3 is 10.2 Å². The lowest BCUT2D eigenvalue weighted by Gasteiger charge is -2.42. The molecule has 0 saturated carbocycles. The fraction of sp³-hybridized carbons (Fsp3) is 0.667. The summed E-state index contributed by atoms with van der Waals surface area (Å²) in [6.45, 7) is 4.15. The Morgan fingerprint density at radius 2 is 2.07 bits per heavy atom. The van der Waals surface area contributed by atoms with Crippen LogP contribution in [0.2, 0.25) is 0 Å². The number of hydrogen-bond acceptors (Lipinski definition) is 5. The number of carbonyl (C=O) groups excluding carboxylic acids is 2. The lowest BCUT2D eigenvalue weighted by atomic mass is 9.93. The van der Waals surface area contributed by atoms with Gasteiger partial charge in [0.2, 0.25) is 11.8 Å². The smallest absolute Gasteiger partial charge is 0.224 e. The molecule has 0 spiro atoms. The molecule has 28 heavy (non-hydrogen) atoms. The van der Waals surface area contributed by atoms with Crippen LogP contribution < -0.4 is 5.32 Å². The van der Waals surface area contributed by atoms with E-state index in [2.05, 4.69) is 15.2 Å². The number of rotatable bonds is 7. The van der Waals surface area contributed by atoms with E-state index in [9.17, 15) is 9.59 Å². The van der Waals surface area contributed by atoms with E-state index < -0.39 is 0 Å². The fourth-order valence-corrected chi connectivity index (χ4v) is 4.59. The molecule has 1 aromatic rings. The maximum absolute atomic E-state index is 12.6. The van der Waals surface area contributed by atoms with Crippen LogP contribution in [0.25, 0.3) is 0 Å². The molecule has 2 aliphatic rings. The van der Waals surface area contributed by atoms with Crippen molar-refractivity contribution in [3.63, 3.8) is 0 Å². The van der Waals surface area contributed by atoms with Crippen molar-refractivity contribution in [2.75, 3.05) is 38.2 Å². The lowest BCUT2D eigenvalue weighted by Crippen LogP contribution is -2.51. The zero-order chi connectivity index (χ0) is 19.8. The summed E-state index contributed by atoms with van der Waals surface area (Å²) >= 11 is 1.73. The highest BCUT2D eigenvalue weighted by Gasteiger charge is 2.32. The summed E-state index contributed by atoms with van der Waals surface area (Å²) < 4.78 is 0. The number of thioether (sulfide) groups is 1. The van der Waals surface area contributed by atoms with Gasteiger partial charge in [-0.1, -0.05) is 6.07 Å². The van der Waals surface area contributed by atoms with Gasteiger partial charge in [-0.05, 0) is 50.1 Å². The summed E-state index contributed by atoms with van der Waals surface area (Å²) in [5, 5.41) is 3.07. The molecule has 0 unspecified atom stereocenters. The number of piperidine rings is 2. The number of amides is 2. The average molecular weight is 405 g/mol. The summed E-state index contributed by atoms with van der Waals surface area (Å²) in [7, 11) is 0. The molecule has 0 bridgehead atoms. The Balaban J connectivity index is 1.43. The van der Waals surface area contributed by atoms with Crippen LogP contribution in [0, 0.1) is 5.92 Å². The van der Waals surface area contributed by atoms with E-state index in [1.165, 1.54) is 0 Å². The van der Waals surface area contributed by atoms with E-state index in [0.717, 1.165) is 63.2 Å². The third-order valence-corrected chi connectivity index (χ3v) is 6.48. The number of likely N-dealkylation sites (tertiary alicyclic amines) is 2. The van der Waals surface area contributed by atoms with Crippen molar-refractivity contribution in [1.82, 2.24) is 20.1 Å². The van der Waals surface area contributed by atoms with Crippen LogP contribution in [0.1, 0.15) is 37.7 Å². The summed E-state index contributed by atoms with van der Waals surface area (Å²) in [4.78, 5) is 33.4. The average Bonchev–Trinajstić information content (AvgIpc) is 2.76. The van der Waals surface area contributed by atoms with Gasteiger partial charge in [-0.3, -0.25) is 19.5 Å². The predicted molar refractivity (Wildman–Crippen MR) is 113 cm³/mol. The maximum atomic E-state index is 12.6. The second-order valence-electron chi connectivity index (χ2n) is 7.77. The molecule has 3 heterocycles. The summed E-state index contributed by atoms with van der Waals surface area (Å²) in [5.74, 6) is 1.41. The molecule has 0 aliphatic carbocycles. The van der Waals surface area contributed by atoms with E-state index in [4.69, 9.17) is 0 Å². The van der Waals surface area contributed by atoms with Crippen LogP contribution in [-0.4, -0.2) is 70.8 Å². The van der Waals surface area contributed by atoms with Crippen LogP contribution >= 0.6 is 11.8 Å². The standard InChI is InChI=1S/C21H32N4O2S/c1-28-13-8-20(26)24-11-6-19(7-12-24)25-10-3-5-18(16-25)21(27)23-15-17-4-2-9-22-14-17/h2,4,9,14,18-19H,3,5-8,10-13,15-16H2,1H3,(H,23,27)/t18-/m0/s1. The highest BCUT2D eigenvalue weighted by atomic mass is 32.2. The van der Waals surface area contributed by atoms with Gasteiger partial charge in [0, 0.05) is 56.8 Å².